The summed E-state index contributed by atoms with van der Waals surface area (Å²) >= 11 is 1.49. The minimum Gasteiger partial charge on any atom is -0.335 e. The summed E-state index contributed by atoms with van der Waals surface area (Å²) in [5.41, 5.74) is 0.727. The van der Waals surface area contributed by atoms with Crippen molar-refractivity contribution in [3.05, 3.63) is 81.6 Å². The van der Waals surface area contributed by atoms with Crippen LogP contribution in [-0.2, 0) is 0 Å². The number of nitrogens with zero attached hydrogens (tertiary/aromatic N) is 2. The van der Waals surface area contributed by atoms with Crippen LogP contribution in [0, 0.1) is 0 Å². The van der Waals surface area contributed by atoms with Crippen LogP contribution in [-0.4, -0.2) is 33.9 Å². The number of carbonyl (C=O) groups is 1. The van der Waals surface area contributed by atoms with Crippen LogP contribution >= 0.6 is 11.3 Å². The summed E-state index contributed by atoms with van der Waals surface area (Å²) in [5, 5.41) is 1.91. The summed E-state index contributed by atoms with van der Waals surface area (Å²) in [7, 11) is 0. The molecule has 0 aliphatic carbocycles. The highest BCUT2D eigenvalue weighted by Gasteiger charge is 2.18. The molecule has 0 saturated heterocycles. The quantitative estimate of drug-likeness (QED) is 0.673. The third kappa shape index (κ3) is 4.80. The summed E-state index contributed by atoms with van der Waals surface area (Å²) in [4.78, 5) is 34.8. The molecule has 3 rings (SSSR count). The molecule has 5 nitrogen and oxygen atoms in total. The van der Waals surface area contributed by atoms with Gasteiger partial charge in [0.25, 0.3) is 11.5 Å². The highest BCUT2D eigenvalue weighted by atomic mass is 32.1. The van der Waals surface area contributed by atoms with Gasteiger partial charge >= 0.3 is 0 Å². The van der Waals surface area contributed by atoms with Gasteiger partial charge < -0.3 is 9.88 Å². The Kier molecular flexibility index (Phi) is 6.33. The van der Waals surface area contributed by atoms with Gasteiger partial charge in [-0.25, -0.2) is 4.98 Å². The van der Waals surface area contributed by atoms with Crippen molar-refractivity contribution in [2.24, 2.45) is 0 Å². The minimum absolute atomic E-state index is 0.0665. The van der Waals surface area contributed by atoms with Crippen LogP contribution in [0.25, 0.3) is 16.8 Å². The van der Waals surface area contributed by atoms with Crippen LogP contribution in [0.5, 0.6) is 0 Å². The Morgan fingerprint density at radius 1 is 1.22 bits per heavy atom. The molecule has 0 unspecified atom stereocenters. The minimum atomic E-state index is -0.411. The van der Waals surface area contributed by atoms with E-state index in [9.17, 15) is 9.59 Å². The number of aromatic amines is 1. The Bertz CT molecular complexity index is 963. The van der Waals surface area contributed by atoms with Gasteiger partial charge in [0.1, 0.15) is 11.4 Å². The molecule has 1 amide bonds. The van der Waals surface area contributed by atoms with Gasteiger partial charge in [0, 0.05) is 19.3 Å². The van der Waals surface area contributed by atoms with Crippen LogP contribution in [0.1, 0.15) is 29.3 Å². The molecule has 0 bridgehead atoms. The lowest BCUT2D eigenvalue weighted by Gasteiger charge is -2.20. The highest BCUT2D eigenvalue weighted by molar-refractivity contribution is 7.13. The van der Waals surface area contributed by atoms with Gasteiger partial charge in [-0.1, -0.05) is 55.5 Å². The summed E-state index contributed by atoms with van der Waals surface area (Å²) in [6.45, 7) is 3.02. The average molecular weight is 379 g/mol. The number of H-pyrrole nitrogens is 1. The molecule has 1 aromatic carbocycles. The second-order valence-electron chi connectivity index (χ2n) is 6.02. The van der Waals surface area contributed by atoms with Crippen molar-refractivity contribution in [2.45, 2.75) is 13.3 Å². The van der Waals surface area contributed by atoms with E-state index in [1.165, 1.54) is 17.5 Å². The number of rotatable bonds is 7. The number of nitrogens with one attached hydrogen (secondary N) is 1. The predicted octanol–water partition coefficient (Wildman–Crippen LogP) is 4.06. The number of carbonyl (C=O) groups excluding carboxylic acids is 1. The lowest BCUT2D eigenvalue weighted by atomic mass is 10.2. The lowest BCUT2D eigenvalue weighted by Crippen LogP contribution is -2.35. The Hall–Kier alpha value is -2.99. The summed E-state index contributed by atoms with van der Waals surface area (Å²) in [6, 6.07) is 13.7. The predicted molar refractivity (Wildman–Crippen MR) is 110 cm³/mol. The summed E-state index contributed by atoms with van der Waals surface area (Å²) in [6.07, 6.45) is 6.09. The fraction of sp³-hybridized carbons (Fsp3) is 0.190. The fourth-order valence-corrected chi connectivity index (χ4v) is 3.36. The smallest absolute Gasteiger partial charge is 0.264 e. The van der Waals surface area contributed by atoms with E-state index in [1.807, 2.05) is 66.9 Å². The van der Waals surface area contributed by atoms with Crippen molar-refractivity contribution in [1.82, 2.24) is 14.9 Å². The van der Waals surface area contributed by atoms with Gasteiger partial charge in [-0.15, -0.1) is 11.3 Å². The zero-order chi connectivity index (χ0) is 19.1. The van der Waals surface area contributed by atoms with E-state index in [2.05, 4.69) is 9.97 Å². The highest BCUT2D eigenvalue weighted by Crippen LogP contribution is 2.19. The number of hydrogen-bond acceptors (Lipinski definition) is 4. The van der Waals surface area contributed by atoms with Crippen molar-refractivity contribution in [2.75, 3.05) is 13.1 Å². The molecule has 0 aliphatic rings. The first-order valence-corrected chi connectivity index (χ1v) is 9.71. The summed E-state index contributed by atoms with van der Waals surface area (Å²) < 4.78 is 0. The van der Waals surface area contributed by atoms with Crippen molar-refractivity contribution in [3.8, 4) is 10.7 Å². The first-order valence-electron chi connectivity index (χ1n) is 8.83. The molecule has 138 valence electrons. The first-order chi connectivity index (χ1) is 13.2. The average Bonchev–Trinajstić information content (AvgIpc) is 3.22. The van der Waals surface area contributed by atoms with Gasteiger partial charge in [0.05, 0.1) is 4.88 Å². The Morgan fingerprint density at radius 2 is 2.04 bits per heavy atom. The number of amides is 1. The molecule has 6 heteroatoms. The topological polar surface area (TPSA) is 66.1 Å². The van der Waals surface area contributed by atoms with Crippen molar-refractivity contribution in [1.29, 1.82) is 0 Å². The largest absolute Gasteiger partial charge is 0.335 e. The van der Waals surface area contributed by atoms with Gasteiger partial charge in [-0.05, 0) is 23.4 Å². The fourth-order valence-electron chi connectivity index (χ4n) is 2.68. The maximum Gasteiger partial charge on any atom is 0.264 e. The van der Waals surface area contributed by atoms with E-state index in [4.69, 9.17) is 0 Å². The summed E-state index contributed by atoms with van der Waals surface area (Å²) in [5.74, 6) is 0.179. The van der Waals surface area contributed by atoms with E-state index < -0.39 is 5.56 Å². The second-order valence-corrected chi connectivity index (χ2v) is 6.96. The van der Waals surface area contributed by atoms with Crippen molar-refractivity contribution >= 4 is 23.3 Å². The van der Waals surface area contributed by atoms with Crippen LogP contribution in [0.15, 0.2) is 64.9 Å². The van der Waals surface area contributed by atoms with Crippen LogP contribution in [0.3, 0.4) is 0 Å². The van der Waals surface area contributed by atoms with Gasteiger partial charge in [-0.2, -0.15) is 0 Å². The SMILES string of the molecule is CCCN(CC=Cc1ccccc1)C(=O)c1cnc(-c2cccs2)[nH]c1=O. The third-order valence-electron chi connectivity index (χ3n) is 4.00. The molecule has 1 N–H and O–H groups in total. The maximum atomic E-state index is 12.8. The molecule has 2 heterocycles. The monoisotopic (exact) mass is 379 g/mol. The van der Waals surface area contributed by atoms with Crippen molar-refractivity contribution < 1.29 is 4.79 Å². The zero-order valence-electron chi connectivity index (χ0n) is 15.1. The normalized spacial score (nSPS) is 11.0. The van der Waals surface area contributed by atoms with Gasteiger partial charge in [0.15, 0.2) is 0 Å². The van der Waals surface area contributed by atoms with Gasteiger partial charge in [-0.3, -0.25) is 9.59 Å². The van der Waals surface area contributed by atoms with E-state index in [1.54, 1.807) is 4.90 Å². The molecular formula is C21H21N3O2S. The third-order valence-corrected chi connectivity index (χ3v) is 4.88. The van der Waals surface area contributed by atoms with Crippen LogP contribution in [0.2, 0.25) is 0 Å². The molecule has 0 aliphatic heterocycles. The van der Waals surface area contributed by atoms with Gasteiger partial charge in [0.2, 0.25) is 0 Å². The first kappa shape index (κ1) is 18.8. The molecule has 0 fully saturated rings. The zero-order valence-corrected chi connectivity index (χ0v) is 15.9. The molecule has 3 aromatic rings. The molecule has 0 saturated carbocycles. The standard InChI is InChI=1S/C21H21N3O2S/c1-2-12-24(13-6-10-16-8-4-3-5-9-16)21(26)17-15-22-19(23-20(17)25)18-11-7-14-27-18/h3-11,14-15H,2,12-13H2,1H3,(H,22,23,25). The Morgan fingerprint density at radius 3 is 2.70 bits per heavy atom. The molecule has 27 heavy (non-hydrogen) atoms. The Balaban J connectivity index is 1.76. The van der Waals surface area contributed by atoms with E-state index >= 15 is 0 Å². The van der Waals surface area contributed by atoms with E-state index in [0.717, 1.165) is 16.9 Å². The van der Waals surface area contributed by atoms with E-state index in [0.29, 0.717) is 18.9 Å². The number of benzene rings is 1. The van der Waals surface area contributed by atoms with E-state index in [-0.39, 0.29) is 11.5 Å². The molecular weight excluding hydrogens is 358 g/mol. The molecule has 0 atom stereocenters. The second kappa shape index (κ2) is 9.09. The van der Waals surface area contributed by atoms with Crippen LogP contribution < -0.4 is 5.56 Å². The molecule has 0 spiro atoms. The Labute approximate surface area is 162 Å². The molecule has 2 aromatic heterocycles. The maximum absolute atomic E-state index is 12.8. The molecule has 0 radical (unpaired) electrons. The van der Waals surface area contributed by atoms with Crippen molar-refractivity contribution in [3.63, 3.8) is 0 Å². The number of aromatic nitrogens is 2. The number of hydrogen-bond donors (Lipinski definition) is 1. The van der Waals surface area contributed by atoms with Crippen LogP contribution in [0.4, 0.5) is 0 Å². The lowest BCUT2D eigenvalue weighted by molar-refractivity contribution is 0.0772. The number of thiophene rings is 1.